The first-order valence-electron chi connectivity index (χ1n) is 8.61. The molecule has 0 saturated heterocycles. The lowest BCUT2D eigenvalue weighted by Crippen LogP contribution is -2.47. The molecule has 1 aromatic carbocycles. The second-order valence-corrected chi connectivity index (χ2v) is 6.06. The summed E-state index contributed by atoms with van der Waals surface area (Å²) >= 11 is 0. The van der Waals surface area contributed by atoms with Crippen molar-refractivity contribution < 1.29 is 23.9 Å². The third kappa shape index (κ3) is 5.40. The lowest BCUT2D eigenvalue weighted by atomic mass is 9.99. The summed E-state index contributed by atoms with van der Waals surface area (Å²) in [4.78, 5) is 35.9. The minimum atomic E-state index is -0.789. The van der Waals surface area contributed by atoms with Crippen LogP contribution in [0.25, 0.3) is 11.3 Å². The zero-order valence-corrected chi connectivity index (χ0v) is 15.5. The fourth-order valence-electron chi connectivity index (χ4n) is 2.40. The smallest absolute Gasteiger partial charge is 0.356 e. The van der Waals surface area contributed by atoms with Gasteiger partial charge in [-0.3, -0.25) is 9.89 Å². The van der Waals surface area contributed by atoms with E-state index in [-0.39, 0.29) is 11.6 Å². The van der Waals surface area contributed by atoms with Gasteiger partial charge in [-0.15, -0.1) is 0 Å². The molecular weight excluding hydrogens is 350 g/mol. The molecule has 0 bridgehead atoms. The number of hydrogen-bond donors (Lipinski definition) is 2. The van der Waals surface area contributed by atoms with Crippen LogP contribution in [0.15, 0.2) is 36.4 Å². The standard InChI is InChI=1S/C19H23N3O5/c1-4-12(2)17(19(25)26-3)20-16(23)11-27-18(24)15-10-14(21-22-15)13-8-6-5-7-9-13/h5-10,12,17H,4,11H2,1-3H3,(H,20,23)(H,21,22)/t12-,17-/m1/s1. The summed E-state index contributed by atoms with van der Waals surface area (Å²) in [5.41, 5.74) is 1.57. The van der Waals surface area contributed by atoms with E-state index in [0.717, 1.165) is 5.56 Å². The van der Waals surface area contributed by atoms with Crippen molar-refractivity contribution in [3.05, 3.63) is 42.1 Å². The summed E-state index contributed by atoms with van der Waals surface area (Å²) in [5.74, 6) is -1.94. The first-order chi connectivity index (χ1) is 13.0. The number of aromatic amines is 1. The van der Waals surface area contributed by atoms with E-state index in [4.69, 9.17) is 9.47 Å². The summed E-state index contributed by atoms with van der Waals surface area (Å²) in [6.45, 7) is 3.21. The number of carbonyl (C=O) groups is 3. The van der Waals surface area contributed by atoms with Gasteiger partial charge in [-0.2, -0.15) is 5.10 Å². The summed E-state index contributed by atoms with van der Waals surface area (Å²) < 4.78 is 9.69. The highest BCUT2D eigenvalue weighted by Crippen LogP contribution is 2.17. The van der Waals surface area contributed by atoms with Gasteiger partial charge in [0.2, 0.25) is 0 Å². The molecule has 0 aliphatic heterocycles. The lowest BCUT2D eigenvalue weighted by molar-refractivity contribution is -0.147. The van der Waals surface area contributed by atoms with Crippen LogP contribution < -0.4 is 5.32 Å². The van der Waals surface area contributed by atoms with Crippen LogP contribution in [0, 0.1) is 5.92 Å². The number of H-pyrrole nitrogens is 1. The summed E-state index contributed by atoms with van der Waals surface area (Å²) in [7, 11) is 1.26. The number of hydrogen-bond acceptors (Lipinski definition) is 6. The topological polar surface area (TPSA) is 110 Å². The van der Waals surface area contributed by atoms with Crippen LogP contribution in [-0.2, 0) is 19.1 Å². The first-order valence-corrected chi connectivity index (χ1v) is 8.61. The number of amides is 1. The zero-order chi connectivity index (χ0) is 19.8. The molecule has 0 radical (unpaired) electrons. The highest BCUT2D eigenvalue weighted by Gasteiger charge is 2.27. The highest BCUT2D eigenvalue weighted by atomic mass is 16.5. The Kier molecular flexibility index (Phi) is 7.10. The van der Waals surface area contributed by atoms with Gasteiger partial charge in [0.1, 0.15) is 11.7 Å². The average Bonchev–Trinajstić information content (AvgIpc) is 3.20. The molecule has 8 heteroatoms. The summed E-state index contributed by atoms with van der Waals surface area (Å²) in [5, 5.41) is 9.20. The largest absolute Gasteiger partial charge is 0.467 e. The van der Waals surface area contributed by atoms with Gasteiger partial charge in [-0.1, -0.05) is 50.6 Å². The highest BCUT2D eigenvalue weighted by molar-refractivity contribution is 5.91. The number of benzene rings is 1. The van der Waals surface area contributed by atoms with Crippen molar-refractivity contribution in [2.24, 2.45) is 5.92 Å². The Labute approximate surface area is 157 Å². The number of nitrogens with one attached hydrogen (secondary N) is 2. The van der Waals surface area contributed by atoms with Crippen molar-refractivity contribution in [3.8, 4) is 11.3 Å². The molecule has 0 fully saturated rings. The second-order valence-electron chi connectivity index (χ2n) is 6.06. The van der Waals surface area contributed by atoms with Crippen molar-refractivity contribution in [2.45, 2.75) is 26.3 Å². The Morgan fingerprint density at radius 2 is 1.93 bits per heavy atom. The van der Waals surface area contributed by atoms with Crippen LogP contribution in [0.3, 0.4) is 0 Å². The Hall–Kier alpha value is -3.16. The van der Waals surface area contributed by atoms with Crippen LogP contribution in [0.2, 0.25) is 0 Å². The second kappa shape index (κ2) is 9.51. The van der Waals surface area contributed by atoms with E-state index in [1.807, 2.05) is 44.2 Å². The van der Waals surface area contributed by atoms with Crippen LogP contribution in [-0.4, -0.2) is 47.8 Å². The quantitative estimate of drug-likeness (QED) is 0.684. The molecule has 1 amide bonds. The molecule has 2 atom stereocenters. The van der Waals surface area contributed by atoms with Crippen molar-refractivity contribution in [1.29, 1.82) is 0 Å². The van der Waals surface area contributed by atoms with Crippen LogP contribution >= 0.6 is 0 Å². The van der Waals surface area contributed by atoms with E-state index in [1.165, 1.54) is 7.11 Å². The molecule has 0 spiro atoms. The Morgan fingerprint density at radius 1 is 1.22 bits per heavy atom. The van der Waals surface area contributed by atoms with E-state index >= 15 is 0 Å². The van der Waals surface area contributed by atoms with Gasteiger partial charge >= 0.3 is 11.9 Å². The fourth-order valence-corrected chi connectivity index (χ4v) is 2.40. The third-order valence-electron chi connectivity index (χ3n) is 4.19. The predicted octanol–water partition coefficient (Wildman–Crippen LogP) is 1.94. The molecule has 2 N–H and O–H groups in total. The van der Waals surface area contributed by atoms with Crippen LogP contribution in [0.4, 0.5) is 0 Å². The third-order valence-corrected chi connectivity index (χ3v) is 4.19. The SMILES string of the molecule is CC[C@@H](C)[C@@H](NC(=O)COC(=O)c1cc(-c2ccccc2)n[nH]1)C(=O)OC. The number of ether oxygens (including phenoxy) is 2. The molecule has 0 saturated carbocycles. The molecular formula is C19H23N3O5. The first kappa shape index (κ1) is 20.2. The van der Waals surface area contributed by atoms with Gasteiger partial charge < -0.3 is 14.8 Å². The maximum absolute atomic E-state index is 12.1. The Bertz CT molecular complexity index is 788. The Balaban J connectivity index is 1.92. The van der Waals surface area contributed by atoms with Gasteiger partial charge in [0.25, 0.3) is 5.91 Å². The van der Waals surface area contributed by atoms with Crippen LogP contribution in [0.5, 0.6) is 0 Å². The number of rotatable bonds is 8. The van der Waals surface area contributed by atoms with E-state index in [0.29, 0.717) is 12.1 Å². The monoisotopic (exact) mass is 373 g/mol. The van der Waals surface area contributed by atoms with Crippen molar-refractivity contribution in [3.63, 3.8) is 0 Å². The van der Waals surface area contributed by atoms with E-state index in [9.17, 15) is 14.4 Å². The minimum absolute atomic E-state index is 0.113. The molecule has 0 aliphatic rings. The maximum atomic E-state index is 12.1. The average molecular weight is 373 g/mol. The normalized spacial score (nSPS) is 12.7. The van der Waals surface area contributed by atoms with E-state index < -0.39 is 30.5 Å². The molecule has 0 aliphatic carbocycles. The maximum Gasteiger partial charge on any atom is 0.356 e. The van der Waals surface area contributed by atoms with Gasteiger partial charge in [0.05, 0.1) is 12.8 Å². The number of carbonyl (C=O) groups excluding carboxylic acids is 3. The summed E-state index contributed by atoms with van der Waals surface area (Å²) in [6.07, 6.45) is 0.677. The zero-order valence-electron chi connectivity index (χ0n) is 15.5. The van der Waals surface area contributed by atoms with Gasteiger partial charge in [0.15, 0.2) is 6.61 Å². The van der Waals surface area contributed by atoms with E-state index in [2.05, 4.69) is 15.5 Å². The molecule has 8 nitrogen and oxygen atoms in total. The molecule has 1 aromatic heterocycles. The van der Waals surface area contributed by atoms with Crippen molar-refractivity contribution in [2.75, 3.05) is 13.7 Å². The Morgan fingerprint density at radius 3 is 2.56 bits per heavy atom. The molecule has 2 rings (SSSR count). The molecule has 27 heavy (non-hydrogen) atoms. The minimum Gasteiger partial charge on any atom is -0.467 e. The molecule has 2 aromatic rings. The number of aromatic nitrogens is 2. The van der Waals surface area contributed by atoms with Gasteiger partial charge in [-0.05, 0) is 12.0 Å². The molecule has 0 unspecified atom stereocenters. The number of nitrogens with zero attached hydrogens (tertiary/aromatic N) is 1. The number of esters is 2. The van der Waals surface area contributed by atoms with Gasteiger partial charge in [0, 0.05) is 5.56 Å². The van der Waals surface area contributed by atoms with Crippen molar-refractivity contribution >= 4 is 17.8 Å². The van der Waals surface area contributed by atoms with Crippen LogP contribution in [0.1, 0.15) is 30.8 Å². The number of methoxy groups -OCH3 is 1. The fraction of sp³-hybridized carbons (Fsp3) is 0.368. The summed E-state index contributed by atoms with van der Waals surface area (Å²) in [6, 6.07) is 10.1. The van der Waals surface area contributed by atoms with Gasteiger partial charge in [-0.25, -0.2) is 9.59 Å². The molecule has 1 heterocycles. The van der Waals surface area contributed by atoms with E-state index in [1.54, 1.807) is 6.07 Å². The van der Waals surface area contributed by atoms with Crippen molar-refractivity contribution in [1.82, 2.24) is 15.5 Å². The lowest BCUT2D eigenvalue weighted by Gasteiger charge is -2.21. The molecule has 144 valence electrons. The predicted molar refractivity (Wildman–Crippen MR) is 97.7 cm³/mol.